The maximum Gasteiger partial charge on any atom is 0.228 e. The average molecular weight is 473 g/mol. The molecule has 0 spiro atoms. The summed E-state index contributed by atoms with van der Waals surface area (Å²) in [4.78, 5) is 32.2. The summed E-state index contributed by atoms with van der Waals surface area (Å²) < 4.78 is 23.9. The van der Waals surface area contributed by atoms with Crippen LogP contribution in [0.3, 0.4) is 0 Å². The third kappa shape index (κ3) is 7.15. The molecule has 2 amide bonds. The van der Waals surface area contributed by atoms with Crippen molar-refractivity contribution in [2.24, 2.45) is 5.92 Å². The standard InChI is InChI=1S/C25H33FN4O4/c1-17(2)22(16-27-20-8-9-23(33-3)28-15-20)29-25(32)21(18-4-6-19(26)7-5-18)14-24(31)30-10-12-34-13-11-30/h4-9,15,17,21-22,27H,10-14,16H2,1-3H3,(H,29,32)/t21-,22-/m1/s1. The number of aromatic nitrogens is 1. The van der Waals surface area contributed by atoms with E-state index in [1.54, 1.807) is 36.4 Å². The van der Waals surface area contributed by atoms with Crippen LogP contribution in [-0.2, 0) is 14.3 Å². The van der Waals surface area contributed by atoms with Gasteiger partial charge in [-0.15, -0.1) is 0 Å². The van der Waals surface area contributed by atoms with Crippen molar-refractivity contribution in [3.8, 4) is 5.88 Å². The number of rotatable bonds is 10. The van der Waals surface area contributed by atoms with E-state index in [1.165, 1.54) is 12.1 Å². The summed E-state index contributed by atoms with van der Waals surface area (Å²) >= 11 is 0. The van der Waals surface area contributed by atoms with E-state index in [1.807, 2.05) is 19.9 Å². The molecule has 0 aliphatic carbocycles. The molecule has 2 atom stereocenters. The zero-order chi connectivity index (χ0) is 24.5. The molecule has 184 valence electrons. The van der Waals surface area contributed by atoms with E-state index < -0.39 is 5.92 Å². The summed E-state index contributed by atoms with van der Waals surface area (Å²) in [7, 11) is 1.56. The van der Waals surface area contributed by atoms with Gasteiger partial charge in [0.05, 0.1) is 38.1 Å². The zero-order valence-corrected chi connectivity index (χ0v) is 19.9. The van der Waals surface area contributed by atoms with Crippen LogP contribution in [-0.4, -0.2) is 67.7 Å². The fourth-order valence-corrected chi connectivity index (χ4v) is 3.74. The number of hydrogen-bond donors (Lipinski definition) is 2. The van der Waals surface area contributed by atoms with E-state index in [-0.39, 0.29) is 36.0 Å². The Morgan fingerprint density at radius 2 is 1.85 bits per heavy atom. The van der Waals surface area contributed by atoms with E-state index in [0.717, 1.165) is 5.69 Å². The quantitative estimate of drug-likeness (QED) is 0.553. The highest BCUT2D eigenvalue weighted by Gasteiger charge is 2.29. The predicted molar refractivity (Wildman–Crippen MR) is 127 cm³/mol. The summed E-state index contributed by atoms with van der Waals surface area (Å²) in [6.45, 7) is 6.50. The van der Waals surface area contributed by atoms with Gasteiger partial charge in [0.25, 0.3) is 0 Å². The van der Waals surface area contributed by atoms with Crippen molar-refractivity contribution in [3.05, 3.63) is 54.0 Å². The summed E-state index contributed by atoms with van der Waals surface area (Å²) in [5, 5.41) is 6.39. The molecule has 0 bridgehead atoms. The number of anilines is 1. The number of carbonyl (C=O) groups is 2. The first-order valence-electron chi connectivity index (χ1n) is 11.5. The normalized spacial score (nSPS) is 15.5. The van der Waals surface area contributed by atoms with Gasteiger partial charge in [0.15, 0.2) is 0 Å². The number of hydrogen-bond acceptors (Lipinski definition) is 6. The topological polar surface area (TPSA) is 92.8 Å². The molecule has 1 aromatic heterocycles. The Bertz CT molecular complexity index is 931. The molecule has 1 fully saturated rings. The van der Waals surface area contributed by atoms with Crippen LogP contribution in [0.15, 0.2) is 42.6 Å². The minimum absolute atomic E-state index is 0.0120. The molecule has 9 heteroatoms. The number of carbonyl (C=O) groups excluding carboxylic acids is 2. The van der Waals surface area contributed by atoms with Gasteiger partial charge in [0, 0.05) is 38.2 Å². The number of nitrogens with one attached hydrogen (secondary N) is 2. The predicted octanol–water partition coefficient (Wildman–Crippen LogP) is 2.81. The lowest BCUT2D eigenvalue weighted by atomic mass is 9.92. The van der Waals surface area contributed by atoms with Crippen LogP contribution >= 0.6 is 0 Å². The first kappa shape index (κ1) is 25.4. The monoisotopic (exact) mass is 472 g/mol. The molecule has 1 aliphatic heterocycles. The van der Waals surface area contributed by atoms with Crippen LogP contribution in [0.5, 0.6) is 5.88 Å². The molecule has 0 radical (unpaired) electrons. The average Bonchev–Trinajstić information content (AvgIpc) is 2.86. The van der Waals surface area contributed by atoms with Gasteiger partial charge < -0.3 is 25.0 Å². The molecule has 1 saturated heterocycles. The molecule has 2 aromatic rings. The first-order valence-corrected chi connectivity index (χ1v) is 11.5. The van der Waals surface area contributed by atoms with Crippen molar-refractivity contribution < 1.29 is 23.5 Å². The van der Waals surface area contributed by atoms with Crippen molar-refractivity contribution in [3.63, 3.8) is 0 Å². The maximum atomic E-state index is 13.5. The zero-order valence-electron chi connectivity index (χ0n) is 19.9. The fourth-order valence-electron chi connectivity index (χ4n) is 3.74. The fraction of sp³-hybridized carbons (Fsp3) is 0.480. The Morgan fingerprint density at radius 3 is 2.44 bits per heavy atom. The van der Waals surface area contributed by atoms with Gasteiger partial charge in [-0.3, -0.25) is 9.59 Å². The van der Waals surface area contributed by atoms with Crippen LogP contribution in [0, 0.1) is 11.7 Å². The lowest BCUT2D eigenvalue weighted by Gasteiger charge is -2.30. The SMILES string of the molecule is COc1ccc(NC[C@@H](NC(=O)[C@H](CC(=O)N2CCOCC2)c2ccc(F)cc2)C(C)C)cn1. The van der Waals surface area contributed by atoms with Crippen LogP contribution in [0.4, 0.5) is 10.1 Å². The van der Waals surface area contributed by atoms with E-state index in [4.69, 9.17) is 9.47 Å². The molecular weight excluding hydrogens is 439 g/mol. The number of benzene rings is 1. The highest BCUT2D eigenvalue weighted by atomic mass is 19.1. The first-order chi connectivity index (χ1) is 16.4. The third-order valence-corrected chi connectivity index (χ3v) is 5.94. The number of methoxy groups -OCH3 is 1. The van der Waals surface area contributed by atoms with E-state index in [9.17, 15) is 14.0 Å². The minimum atomic E-state index is -0.722. The second-order valence-electron chi connectivity index (χ2n) is 8.63. The number of pyridine rings is 1. The van der Waals surface area contributed by atoms with Crippen molar-refractivity contribution in [1.29, 1.82) is 0 Å². The molecule has 0 saturated carbocycles. The van der Waals surface area contributed by atoms with Gasteiger partial charge in [0.1, 0.15) is 5.82 Å². The number of ether oxygens (including phenoxy) is 2. The molecule has 1 aliphatic rings. The summed E-state index contributed by atoms with van der Waals surface area (Å²) in [6, 6.07) is 9.17. The van der Waals surface area contributed by atoms with Gasteiger partial charge in [0.2, 0.25) is 17.7 Å². The molecule has 34 heavy (non-hydrogen) atoms. The summed E-state index contributed by atoms with van der Waals surface area (Å²) in [6.07, 6.45) is 1.68. The minimum Gasteiger partial charge on any atom is -0.481 e. The largest absolute Gasteiger partial charge is 0.481 e. The van der Waals surface area contributed by atoms with Gasteiger partial charge in [-0.05, 0) is 29.7 Å². The molecule has 3 rings (SSSR count). The van der Waals surface area contributed by atoms with Gasteiger partial charge in [-0.2, -0.15) is 0 Å². The van der Waals surface area contributed by atoms with Gasteiger partial charge in [-0.1, -0.05) is 26.0 Å². The Labute approximate surface area is 199 Å². The summed E-state index contributed by atoms with van der Waals surface area (Å²) in [5.41, 5.74) is 1.41. The van der Waals surface area contributed by atoms with Crippen molar-refractivity contribution >= 4 is 17.5 Å². The highest BCUT2D eigenvalue weighted by Crippen LogP contribution is 2.23. The molecule has 8 nitrogen and oxygen atoms in total. The van der Waals surface area contributed by atoms with E-state index in [2.05, 4.69) is 15.6 Å². The second kappa shape index (κ2) is 12.3. The highest BCUT2D eigenvalue weighted by molar-refractivity contribution is 5.90. The van der Waals surface area contributed by atoms with Gasteiger partial charge >= 0.3 is 0 Å². The van der Waals surface area contributed by atoms with Crippen molar-refractivity contribution in [2.75, 3.05) is 45.3 Å². The molecular formula is C25H33FN4O4. The number of halogens is 1. The lowest BCUT2D eigenvalue weighted by Crippen LogP contribution is -2.47. The molecule has 2 heterocycles. The molecule has 0 unspecified atom stereocenters. The van der Waals surface area contributed by atoms with Crippen LogP contribution < -0.4 is 15.4 Å². The number of nitrogens with zero attached hydrogens (tertiary/aromatic N) is 2. The Kier molecular flexibility index (Phi) is 9.21. The van der Waals surface area contributed by atoms with E-state index >= 15 is 0 Å². The second-order valence-corrected chi connectivity index (χ2v) is 8.63. The van der Waals surface area contributed by atoms with Crippen molar-refractivity contribution in [2.45, 2.75) is 32.2 Å². The Morgan fingerprint density at radius 1 is 1.15 bits per heavy atom. The van der Waals surface area contributed by atoms with Crippen LogP contribution in [0.1, 0.15) is 31.7 Å². The van der Waals surface area contributed by atoms with Gasteiger partial charge in [-0.25, -0.2) is 9.37 Å². The Balaban J connectivity index is 1.70. The lowest BCUT2D eigenvalue weighted by molar-refractivity contribution is -0.138. The van der Waals surface area contributed by atoms with E-state index in [0.29, 0.717) is 44.3 Å². The molecule has 2 N–H and O–H groups in total. The van der Waals surface area contributed by atoms with Crippen LogP contribution in [0.25, 0.3) is 0 Å². The number of amides is 2. The summed E-state index contributed by atoms with van der Waals surface area (Å²) in [5.74, 6) is -0.838. The maximum absolute atomic E-state index is 13.5. The van der Waals surface area contributed by atoms with Crippen LogP contribution in [0.2, 0.25) is 0 Å². The molecule has 1 aromatic carbocycles. The smallest absolute Gasteiger partial charge is 0.228 e. The third-order valence-electron chi connectivity index (χ3n) is 5.94. The number of morpholine rings is 1. The van der Waals surface area contributed by atoms with Crippen molar-refractivity contribution in [1.82, 2.24) is 15.2 Å². The Hall–Kier alpha value is -3.20.